The fraction of sp³-hybridized carbons (Fsp3) is 0.0833. The highest BCUT2D eigenvalue weighted by atomic mass is 35.5. The van der Waals surface area contributed by atoms with Crippen molar-refractivity contribution in [3.63, 3.8) is 0 Å². The Hall–Kier alpha value is -3.84. The van der Waals surface area contributed by atoms with E-state index < -0.39 is 21.8 Å². The number of terminal acetylenes is 1. The molecule has 0 radical (unpaired) electrons. The highest BCUT2D eigenvalue weighted by Gasteiger charge is 2.16. The predicted molar refractivity (Wildman–Crippen MR) is 128 cm³/mol. The molecule has 0 aliphatic carbocycles. The summed E-state index contributed by atoms with van der Waals surface area (Å²) in [7, 11) is -3.86. The second kappa shape index (κ2) is 11.3. The normalized spacial score (nSPS) is 10.7. The van der Waals surface area contributed by atoms with Crippen LogP contribution < -0.4 is 20.3 Å². The standard InChI is InChI=1S/C24H20ClN3O5S/c1-2-14-26-34(31,32)22-5-3-4-19(15-22)24(30)28-27-23(29)18-8-6-17(7-9-18)16-33-21-12-10-20(25)11-13-21/h1,3-13,15,26H,14,16H2,(H,27,29)(H,28,30). The van der Waals surface area contributed by atoms with Crippen molar-refractivity contribution in [3.8, 4) is 18.1 Å². The van der Waals surface area contributed by atoms with Crippen molar-refractivity contribution in [2.75, 3.05) is 6.54 Å². The van der Waals surface area contributed by atoms with Gasteiger partial charge in [0.2, 0.25) is 10.0 Å². The van der Waals surface area contributed by atoms with Crippen LogP contribution in [0.4, 0.5) is 0 Å². The molecular formula is C24H20ClN3O5S. The molecule has 0 heterocycles. The summed E-state index contributed by atoms with van der Waals surface area (Å²) >= 11 is 5.85. The molecule has 0 spiro atoms. The fourth-order valence-corrected chi connectivity index (χ4v) is 3.84. The number of hydrogen-bond donors (Lipinski definition) is 3. The zero-order valence-electron chi connectivity index (χ0n) is 17.7. The van der Waals surface area contributed by atoms with Crippen molar-refractivity contribution in [1.29, 1.82) is 0 Å². The Kier molecular flexibility index (Phi) is 8.27. The first-order valence-corrected chi connectivity index (χ1v) is 11.8. The maximum Gasteiger partial charge on any atom is 0.269 e. The molecule has 3 aromatic carbocycles. The molecule has 3 N–H and O–H groups in total. The first-order valence-electron chi connectivity index (χ1n) is 9.90. The predicted octanol–water partition coefficient (Wildman–Crippen LogP) is 2.91. The topological polar surface area (TPSA) is 114 Å². The number of sulfonamides is 1. The molecule has 0 bridgehead atoms. The molecule has 3 aromatic rings. The molecule has 0 unspecified atom stereocenters. The minimum atomic E-state index is -3.86. The second-order valence-corrected chi connectivity index (χ2v) is 9.11. The van der Waals surface area contributed by atoms with Gasteiger partial charge in [0.25, 0.3) is 11.8 Å². The summed E-state index contributed by atoms with van der Waals surface area (Å²) in [5.41, 5.74) is 5.75. The lowest BCUT2D eigenvalue weighted by Crippen LogP contribution is -2.41. The van der Waals surface area contributed by atoms with Crippen molar-refractivity contribution in [2.24, 2.45) is 0 Å². The Labute approximate surface area is 202 Å². The second-order valence-electron chi connectivity index (χ2n) is 6.90. The van der Waals surface area contributed by atoms with Crippen molar-refractivity contribution in [1.82, 2.24) is 15.6 Å². The maximum atomic E-state index is 12.4. The first kappa shape index (κ1) is 24.8. The minimum Gasteiger partial charge on any atom is -0.489 e. The summed E-state index contributed by atoms with van der Waals surface area (Å²) < 4.78 is 32.2. The Morgan fingerprint density at radius 1 is 0.912 bits per heavy atom. The van der Waals surface area contributed by atoms with Crippen molar-refractivity contribution in [3.05, 3.63) is 94.5 Å². The zero-order valence-corrected chi connectivity index (χ0v) is 19.3. The van der Waals surface area contributed by atoms with Gasteiger partial charge in [-0.15, -0.1) is 6.42 Å². The summed E-state index contributed by atoms with van der Waals surface area (Å²) in [6, 6.07) is 18.9. The third-order valence-electron chi connectivity index (χ3n) is 4.50. The lowest BCUT2D eigenvalue weighted by atomic mass is 10.1. The van der Waals surface area contributed by atoms with Crippen LogP contribution in [0.5, 0.6) is 5.75 Å². The molecule has 0 atom stereocenters. The van der Waals surface area contributed by atoms with Gasteiger partial charge in [-0.05, 0) is 60.2 Å². The average Bonchev–Trinajstić information content (AvgIpc) is 2.86. The van der Waals surface area contributed by atoms with Gasteiger partial charge in [-0.25, -0.2) is 8.42 Å². The van der Waals surface area contributed by atoms with E-state index in [1.807, 2.05) is 0 Å². The highest BCUT2D eigenvalue weighted by molar-refractivity contribution is 7.89. The number of hydrogen-bond acceptors (Lipinski definition) is 5. The Morgan fingerprint density at radius 3 is 2.21 bits per heavy atom. The lowest BCUT2D eigenvalue weighted by molar-refractivity contribution is 0.0846. The van der Waals surface area contributed by atoms with E-state index in [9.17, 15) is 18.0 Å². The van der Waals surface area contributed by atoms with Gasteiger partial charge in [-0.3, -0.25) is 20.4 Å². The van der Waals surface area contributed by atoms with Gasteiger partial charge < -0.3 is 4.74 Å². The van der Waals surface area contributed by atoms with Gasteiger partial charge in [0.15, 0.2) is 0 Å². The molecule has 3 rings (SSSR count). The van der Waals surface area contributed by atoms with E-state index in [-0.39, 0.29) is 17.0 Å². The molecular weight excluding hydrogens is 478 g/mol. The third-order valence-corrected chi connectivity index (χ3v) is 6.15. The number of halogens is 1. The smallest absolute Gasteiger partial charge is 0.269 e. The summed E-state index contributed by atoms with van der Waals surface area (Å²) in [4.78, 5) is 24.6. The molecule has 2 amide bonds. The van der Waals surface area contributed by atoms with E-state index in [4.69, 9.17) is 22.8 Å². The van der Waals surface area contributed by atoms with Crippen LogP contribution in [0.15, 0.2) is 77.7 Å². The van der Waals surface area contributed by atoms with Gasteiger partial charge in [0.05, 0.1) is 11.4 Å². The molecule has 174 valence electrons. The number of nitrogens with one attached hydrogen (secondary N) is 3. The van der Waals surface area contributed by atoms with E-state index in [2.05, 4.69) is 21.5 Å². The molecule has 10 heteroatoms. The summed E-state index contributed by atoms with van der Waals surface area (Å²) in [6.45, 7) is 0.122. The van der Waals surface area contributed by atoms with Crippen LogP contribution >= 0.6 is 11.6 Å². The molecule has 0 saturated carbocycles. The van der Waals surface area contributed by atoms with Crippen LogP contribution in [0.1, 0.15) is 26.3 Å². The number of hydrazine groups is 1. The van der Waals surface area contributed by atoms with E-state index in [0.717, 1.165) is 5.56 Å². The average molecular weight is 498 g/mol. The van der Waals surface area contributed by atoms with E-state index in [1.54, 1.807) is 48.5 Å². The number of benzene rings is 3. The van der Waals surface area contributed by atoms with Gasteiger partial charge >= 0.3 is 0 Å². The number of rotatable bonds is 8. The monoisotopic (exact) mass is 497 g/mol. The van der Waals surface area contributed by atoms with Gasteiger partial charge in [0.1, 0.15) is 12.4 Å². The molecule has 0 aliphatic rings. The minimum absolute atomic E-state index is 0.0404. The van der Waals surface area contributed by atoms with E-state index >= 15 is 0 Å². The van der Waals surface area contributed by atoms with Gasteiger partial charge in [-0.2, -0.15) is 4.72 Å². The maximum absolute atomic E-state index is 12.4. The van der Waals surface area contributed by atoms with Crippen molar-refractivity contribution >= 4 is 33.4 Å². The number of amides is 2. The number of carbonyl (C=O) groups is 2. The van der Waals surface area contributed by atoms with Crippen LogP contribution in [0.3, 0.4) is 0 Å². The van der Waals surface area contributed by atoms with E-state index in [0.29, 0.717) is 22.9 Å². The van der Waals surface area contributed by atoms with Crippen LogP contribution in [-0.2, 0) is 16.6 Å². The Bertz CT molecular complexity index is 1320. The molecule has 0 fully saturated rings. The summed E-state index contributed by atoms with van der Waals surface area (Å²) in [5.74, 6) is 1.61. The SMILES string of the molecule is C#CCNS(=O)(=O)c1cccc(C(=O)NNC(=O)c2ccc(COc3ccc(Cl)cc3)cc2)c1. The molecule has 0 saturated heterocycles. The lowest BCUT2D eigenvalue weighted by Gasteiger charge is -2.10. The molecule has 34 heavy (non-hydrogen) atoms. The largest absolute Gasteiger partial charge is 0.489 e. The molecule has 8 nitrogen and oxygen atoms in total. The van der Waals surface area contributed by atoms with Crippen LogP contribution in [-0.4, -0.2) is 26.8 Å². The quantitative estimate of drug-likeness (QED) is 0.327. The van der Waals surface area contributed by atoms with Crippen LogP contribution in [0, 0.1) is 12.3 Å². The molecule has 0 aliphatic heterocycles. The van der Waals surface area contributed by atoms with Gasteiger partial charge in [0, 0.05) is 16.1 Å². The van der Waals surface area contributed by atoms with E-state index in [1.165, 1.54) is 24.3 Å². The summed E-state index contributed by atoms with van der Waals surface area (Å²) in [6.07, 6.45) is 5.07. The zero-order chi connectivity index (χ0) is 24.6. The van der Waals surface area contributed by atoms with Crippen LogP contribution in [0.2, 0.25) is 5.02 Å². The third kappa shape index (κ3) is 6.83. The molecule has 0 aromatic heterocycles. The first-order chi connectivity index (χ1) is 16.3. The number of ether oxygens (including phenoxy) is 1. The van der Waals surface area contributed by atoms with Crippen molar-refractivity contribution in [2.45, 2.75) is 11.5 Å². The van der Waals surface area contributed by atoms with Crippen LogP contribution in [0.25, 0.3) is 0 Å². The van der Waals surface area contributed by atoms with Gasteiger partial charge in [-0.1, -0.05) is 35.7 Å². The number of carbonyl (C=O) groups excluding carboxylic acids is 2. The van der Waals surface area contributed by atoms with Crippen molar-refractivity contribution < 1.29 is 22.7 Å². The Balaban J connectivity index is 1.55. The Morgan fingerprint density at radius 2 is 1.56 bits per heavy atom. The fourth-order valence-electron chi connectivity index (χ4n) is 2.73. The summed E-state index contributed by atoms with van der Waals surface area (Å²) in [5, 5.41) is 0.615. The highest BCUT2D eigenvalue weighted by Crippen LogP contribution is 2.17.